The van der Waals surface area contributed by atoms with Crippen LogP contribution in [0.4, 0.5) is 5.69 Å². The van der Waals surface area contributed by atoms with Crippen molar-refractivity contribution in [2.24, 2.45) is 5.73 Å². The number of amides is 2. The molecule has 0 aliphatic rings. The van der Waals surface area contributed by atoms with Crippen LogP contribution in [0.25, 0.3) is 0 Å². The molecule has 2 amide bonds. The molecule has 2 aromatic rings. The number of anilines is 1. The third-order valence-electron chi connectivity index (χ3n) is 3.09. The number of carbonyl (C=O) groups is 3. The Balaban J connectivity index is 1.84. The lowest BCUT2D eigenvalue weighted by atomic mass is 10.2. The molecule has 0 atom stereocenters. The molecule has 2 rings (SSSR count). The number of nitrogens with two attached hydrogens (primary N) is 1. The van der Waals surface area contributed by atoms with Gasteiger partial charge in [-0.1, -0.05) is 41.4 Å². The number of primary amides is 1. The molecule has 136 valence electrons. The third kappa shape index (κ3) is 5.37. The van der Waals surface area contributed by atoms with Crippen molar-refractivity contribution in [1.29, 1.82) is 0 Å². The largest absolute Gasteiger partial charge is 0.481 e. The predicted molar refractivity (Wildman–Crippen MR) is 96.5 cm³/mol. The molecule has 7 nitrogen and oxygen atoms in total. The molecule has 9 heteroatoms. The molecule has 3 N–H and O–H groups in total. The topological polar surface area (TPSA) is 108 Å². The van der Waals surface area contributed by atoms with Crippen molar-refractivity contribution in [3.8, 4) is 5.75 Å². The first-order valence-corrected chi connectivity index (χ1v) is 8.05. The van der Waals surface area contributed by atoms with E-state index in [0.29, 0.717) is 0 Å². The number of ether oxygens (including phenoxy) is 2. The first kappa shape index (κ1) is 19.6. The van der Waals surface area contributed by atoms with Crippen molar-refractivity contribution in [2.75, 3.05) is 18.5 Å². The monoisotopic (exact) mass is 396 g/mol. The van der Waals surface area contributed by atoms with Crippen molar-refractivity contribution in [2.45, 2.75) is 0 Å². The number of halogens is 2. The fourth-order valence-corrected chi connectivity index (χ4v) is 2.41. The third-order valence-corrected chi connectivity index (χ3v) is 3.72. The SMILES string of the molecule is NC(=O)c1ccccc1OCC(=O)OCC(=O)Nc1c(Cl)cccc1Cl. The van der Waals surface area contributed by atoms with Crippen LogP contribution in [-0.2, 0) is 14.3 Å². The second-order valence-electron chi connectivity index (χ2n) is 4.95. The molecule has 26 heavy (non-hydrogen) atoms. The molecular weight excluding hydrogens is 383 g/mol. The second kappa shape index (κ2) is 9.07. The lowest BCUT2D eigenvalue weighted by molar-refractivity contribution is -0.149. The Morgan fingerprint density at radius 3 is 2.27 bits per heavy atom. The van der Waals surface area contributed by atoms with Crippen LogP contribution in [0.15, 0.2) is 42.5 Å². The Morgan fingerprint density at radius 1 is 0.962 bits per heavy atom. The Kier molecular flexibility index (Phi) is 6.82. The first-order chi connectivity index (χ1) is 12.4. The van der Waals surface area contributed by atoms with Gasteiger partial charge in [0.25, 0.3) is 11.8 Å². The maximum absolute atomic E-state index is 11.8. The van der Waals surface area contributed by atoms with E-state index in [-0.39, 0.29) is 27.0 Å². The molecule has 0 unspecified atom stereocenters. The van der Waals surface area contributed by atoms with Gasteiger partial charge in [-0.3, -0.25) is 9.59 Å². The van der Waals surface area contributed by atoms with E-state index in [9.17, 15) is 14.4 Å². The van der Waals surface area contributed by atoms with Gasteiger partial charge in [-0.15, -0.1) is 0 Å². The van der Waals surface area contributed by atoms with Crippen LogP contribution in [0.5, 0.6) is 5.75 Å². The maximum Gasteiger partial charge on any atom is 0.344 e. The number of carbonyl (C=O) groups excluding carboxylic acids is 3. The van der Waals surface area contributed by atoms with E-state index in [1.807, 2.05) is 0 Å². The van der Waals surface area contributed by atoms with Gasteiger partial charge >= 0.3 is 5.97 Å². The zero-order valence-corrected chi connectivity index (χ0v) is 14.8. The number of rotatable bonds is 7. The van der Waals surface area contributed by atoms with Gasteiger partial charge in [-0.05, 0) is 24.3 Å². The average Bonchev–Trinajstić information content (AvgIpc) is 2.61. The summed E-state index contributed by atoms with van der Waals surface area (Å²) < 4.78 is 10.00. The summed E-state index contributed by atoms with van der Waals surface area (Å²) in [6.45, 7) is -1.05. The van der Waals surface area contributed by atoms with Crippen molar-refractivity contribution >= 4 is 46.7 Å². The average molecular weight is 397 g/mol. The first-order valence-electron chi connectivity index (χ1n) is 7.29. The molecule has 0 bridgehead atoms. The van der Waals surface area contributed by atoms with E-state index in [2.05, 4.69) is 5.32 Å². The minimum Gasteiger partial charge on any atom is -0.481 e. The van der Waals surface area contributed by atoms with Crippen molar-refractivity contribution in [3.05, 3.63) is 58.1 Å². The van der Waals surface area contributed by atoms with Crippen LogP contribution in [0, 0.1) is 0 Å². The molecule has 0 heterocycles. The van der Waals surface area contributed by atoms with Crippen LogP contribution >= 0.6 is 23.2 Å². The van der Waals surface area contributed by atoms with E-state index in [0.717, 1.165) is 0 Å². The van der Waals surface area contributed by atoms with Crippen LogP contribution in [0.2, 0.25) is 10.0 Å². The molecule has 0 radical (unpaired) electrons. The summed E-state index contributed by atoms with van der Waals surface area (Å²) in [7, 11) is 0. The highest BCUT2D eigenvalue weighted by Crippen LogP contribution is 2.29. The fraction of sp³-hybridized carbons (Fsp3) is 0.118. The summed E-state index contributed by atoms with van der Waals surface area (Å²) >= 11 is 11.9. The number of benzene rings is 2. The van der Waals surface area contributed by atoms with Gasteiger partial charge in [0.1, 0.15) is 5.75 Å². The summed E-state index contributed by atoms with van der Waals surface area (Å²) in [6.07, 6.45) is 0. The Morgan fingerprint density at radius 2 is 1.62 bits per heavy atom. The van der Waals surface area contributed by atoms with Gasteiger partial charge in [0.05, 0.1) is 21.3 Å². The Labute approximate surface area is 159 Å². The van der Waals surface area contributed by atoms with Crippen LogP contribution in [-0.4, -0.2) is 31.0 Å². The highest BCUT2D eigenvalue weighted by atomic mass is 35.5. The number of hydrogen-bond donors (Lipinski definition) is 2. The molecule has 0 spiro atoms. The Hall–Kier alpha value is -2.77. The van der Waals surface area contributed by atoms with Gasteiger partial charge in [-0.2, -0.15) is 0 Å². The molecule has 0 aromatic heterocycles. The van der Waals surface area contributed by atoms with Crippen molar-refractivity contribution in [1.82, 2.24) is 0 Å². The summed E-state index contributed by atoms with van der Waals surface area (Å²) in [5.41, 5.74) is 5.56. The van der Waals surface area contributed by atoms with Crippen molar-refractivity contribution in [3.63, 3.8) is 0 Å². The van der Waals surface area contributed by atoms with Crippen molar-refractivity contribution < 1.29 is 23.9 Å². The summed E-state index contributed by atoms with van der Waals surface area (Å²) in [6, 6.07) is 10.9. The number of esters is 1. The van der Waals surface area contributed by atoms with Gasteiger partial charge < -0.3 is 20.5 Å². The zero-order valence-electron chi connectivity index (χ0n) is 13.3. The maximum atomic E-state index is 11.8. The number of para-hydroxylation sites is 2. The van der Waals surface area contributed by atoms with Gasteiger partial charge in [0.2, 0.25) is 0 Å². The number of hydrogen-bond acceptors (Lipinski definition) is 5. The molecule has 0 saturated heterocycles. The van der Waals surface area contributed by atoms with Crippen LogP contribution in [0.1, 0.15) is 10.4 Å². The minimum atomic E-state index is -0.801. The van der Waals surface area contributed by atoms with Gasteiger partial charge in [0, 0.05) is 0 Å². The second-order valence-corrected chi connectivity index (χ2v) is 5.77. The fourth-order valence-electron chi connectivity index (χ4n) is 1.91. The van der Waals surface area contributed by atoms with E-state index >= 15 is 0 Å². The highest BCUT2D eigenvalue weighted by molar-refractivity contribution is 6.39. The molecule has 2 aromatic carbocycles. The van der Waals surface area contributed by atoms with E-state index < -0.39 is 31.0 Å². The van der Waals surface area contributed by atoms with E-state index in [4.69, 9.17) is 38.4 Å². The van der Waals surface area contributed by atoms with Gasteiger partial charge in [0.15, 0.2) is 13.2 Å². The van der Waals surface area contributed by atoms with Gasteiger partial charge in [-0.25, -0.2) is 4.79 Å². The standard InChI is InChI=1S/C17H14Cl2N2O5/c18-11-5-3-6-12(19)16(11)21-14(22)8-26-15(23)9-25-13-7-2-1-4-10(13)17(20)24/h1-7H,8-9H2,(H2,20,24)(H,21,22). The van der Waals surface area contributed by atoms with E-state index in [1.54, 1.807) is 30.3 Å². The van der Waals surface area contributed by atoms with E-state index in [1.165, 1.54) is 12.1 Å². The molecule has 0 fully saturated rings. The lowest BCUT2D eigenvalue weighted by Crippen LogP contribution is -2.24. The minimum absolute atomic E-state index is 0.131. The lowest BCUT2D eigenvalue weighted by Gasteiger charge is -2.11. The molecule has 0 saturated carbocycles. The smallest absolute Gasteiger partial charge is 0.344 e. The number of nitrogens with one attached hydrogen (secondary N) is 1. The summed E-state index contributed by atoms with van der Waals surface area (Å²) in [5, 5.41) is 2.96. The van der Waals surface area contributed by atoms with Crippen LogP contribution in [0.3, 0.4) is 0 Å². The normalized spacial score (nSPS) is 10.1. The molecule has 0 aliphatic heterocycles. The highest BCUT2D eigenvalue weighted by Gasteiger charge is 2.14. The molecule has 0 aliphatic carbocycles. The Bertz CT molecular complexity index is 821. The molecular formula is C17H14Cl2N2O5. The summed E-state index contributed by atoms with van der Waals surface area (Å²) in [4.78, 5) is 34.8. The predicted octanol–water partition coefficient (Wildman–Crippen LogP) is 2.65. The quantitative estimate of drug-likeness (QED) is 0.699. The summed E-state index contributed by atoms with van der Waals surface area (Å²) in [5.74, 6) is -1.97. The van der Waals surface area contributed by atoms with Crippen LogP contribution < -0.4 is 15.8 Å². The zero-order chi connectivity index (χ0) is 19.1.